The van der Waals surface area contributed by atoms with Crippen molar-refractivity contribution in [3.05, 3.63) is 41.5 Å². The number of carbonyl (C=O) groups is 1. The minimum atomic E-state index is -0.108. The first-order valence-corrected chi connectivity index (χ1v) is 6.79. The van der Waals surface area contributed by atoms with Crippen molar-refractivity contribution in [1.82, 2.24) is 9.97 Å². The van der Waals surface area contributed by atoms with Crippen LogP contribution in [0.3, 0.4) is 0 Å². The molecule has 5 nitrogen and oxygen atoms in total. The van der Waals surface area contributed by atoms with Gasteiger partial charge in [-0.3, -0.25) is 4.79 Å². The van der Waals surface area contributed by atoms with E-state index in [1.54, 1.807) is 18.2 Å². The van der Waals surface area contributed by atoms with Gasteiger partial charge in [0.25, 0.3) is 0 Å². The van der Waals surface area contributed by atoms with Gasteiger partial charge in [0.15, 0.2) is 5.78 Å². The van der Waals surface area contributed by atoms with Gasteiger partial charge in [-0.15, -0.1) is 11.3 Å². The van der Waals surface area contributed by atoms with Gasteiger partial charge >= 0.3 is 0 Å². The minimum absolute atomic E-state index is 0.108. The highest BCUT2D eigenvalue weighted by Gasteiger charge is 2.13. The third kappa shape index (κ3) is 2.21. The molecule has 0 atom stereocenters. The number of fused-ring (bicyclic) bond motifs is 1. The fourth-order valence-electron chi connectivity index (χ4n) is 1.86. The van der Waals surface area contributed by atoms with Crippen molar-refractivity contribution >= 4 is 33.0 Å². The van der Waals surface area contributed by atoms with Crippen molar-refractivity contribution in [2.24, 2.45) is 0 Å². The first-order valence-electron chi connectivity index (χ1n) is 5.91. The quantitative estimate of drug-likeness (QED) is 0.590. The number of benzene rings is 1. The number of anilines is 1. The Balaban J connectivity index is 2.07. The highest BCUT2D eigenvalue weighted by Crippen LogP contribution is 2.31. The van der Waals surface area contributed by atoms with Crippen molar-refractivity contribution in [3.63, 3.8) is 0 Å². The van der Waals surface area contributed by atoms with Gasteiger partial charge in [0.05, 0.1) is 10.9 Å². The Bertz CT molecular complexity index is 798. The smallest absolute Gasteiger partial charge is 0.231 e. The monoisotopic (exact) mass is 285 g/mol. The molecule has 0 aliphatic carbocycles. The molecule has 20 heavy (non-hydrogen) atoms. The van der Waals surface area contributed by atoms with Crippen LogP contribution in [0.4, 0.5) is 5.69 Å². The van der Waals surface area contributed by atoms with Crippen LogP contribution in [0.25, 0.3) is 10.2 Å². The predicted octanol–water partition coefficient (Wildman–Crippen LogP) is 3.27. The van der Waals surface area contributed by atoms with Crippen LogP contribution < -0.4 is 10.5 Å². The van der Waals surface area contributed by atoms with Crippen LogP contribution >= 0.6 is 11.3 Å². The SMILES string of the molecule is CC(=O)c1cc(N)ccc1Oc1ncnc2sccc12. The Hall–Kier alpha value is -2.47. The van der Waals surface area contributed by atoms with E-state index < -0.39 is 0 Å². The highest BCUT2D eigenvalue weighted by atomic mass is 32.1. The molecule has 0 bridgehead atoms. The summed E-state index contributed by atoms with van der Waals surface area (Å²) < 4.78 is 5.78. The van der Waals surface area contributed by atoms with Crippen LogP contribution in [-0.2, 0) is 0 Å². The zero-order valence-corrected chi connectivity index (χ0v) is 11.5. The van der Waals surface area contributed by atoms with Gasteiger partial charge in [0.1, 0.15) is 16.9 Å². The fourth-order valence-corrected chi connectivity index (χ4v) is 2.59. The molecule has 0 aliphatic heterocycles. The van der Waals surface area contributed by atoms with Gasteiger partial charge in [-0.05, 0) is 36.6 Å². The number of thiophene rings is 1. The highest BCUT2D eigenvalue weighted by molar-refractivity contribution is 7.16. The number of nitrogens with zero attached hydrogens (tertiary/aromatic N) is 2. The summed E-state index contributed by atoms with van der Waals surface area (Å²) >= 11 is 1.51. The number of hydrogen-bond acceptors (Lipinski definition) is 6. The van der Waals surface area contributed by atoms with Gasteiger partial charge in [0.2, 0.25) is 5.88 Å². The minimum Gasteiger partial charge on any atom is -0.437 e. The lowest BCUT2D eigenvalue weighted by molar-refractivity contribution is 0.101. The Labute approximate surface area is 119 Å². The first kappa shape index (κ1) is 12.6. The van der Waals surface area contributed by atoms with Gasteiger partial charge in [0, 0.05) is 5.69 Å². The molecule has 1 aromatic carbocycles. The molecule has 0 saturated heterocycles. The van der Waals surface area contributed by atoms with Crippen LogP contribution in [0.5, 0.6) is 11.6 Å². The van der Waals surface area contributed by atoms with E-state index >= 15 is 0 Å². The fraction of sp³-hybridized carbons (Fsp3) is 0.0714. The normalized spacial score (nSPS) is 10.7. The van der Waals surface area contributed by atoms with Crippen molar-refractivity contribution in [1.29, 1.82) is 0 Å². The van der Waals surface area contributed by atoms with E-state index in [1.807, 2.05) is 11.4 Å². The van der Waals surface area contributed by atoms with Crippen LogP contribution in [-0.4, -0.2) is 15.8 Å². The molecule has 6 heteroatoms. The molecule has 0 aliphatic rings. The maximum atomic E-state index is 11.7. The maximum absolute atomic E-state index is 11.7. The van der Waals surface area contributed by atoms with Gasteiger partial charge < -0.3 is 10.5 Å². The van der Waals surface area contributed by atoms with E-state index in [1.165, 1.54) is 24.6 Å². The zero-order chi connectivity index (χ0) is 14.1. The third-order valence-electron chi connectivity index (χ3n) is 2.81. The number of aromatic nitrogens is 2. The maximum Gasteiger partial charge on any atom is 0.231 e. The summed E-state index contributed by atoms with van der Waals surface area (Å²) in [6.07, 6.45) is 1.44. The number of rotatable bonds is 3. The summed E-state index contributed by atoms with van der Waals surface area (Å²) in [5.41, 5.74) is 6.66. The number of ketones is 1. The molecular weight excluding hydrogens is 274 g/mol. The van der Waals surface area contributed by atoms with Crippen LogP contribution in [0, 0.1) is 0 Å². The average molecular weight is 285 g/mol. The van der Waals surface area contributed by atoms with Crippen molar-refractivity contribution in [2.45, 2.75) is 6.92 Å². The molecule has 0 saturated carbocycles. The second-order valence-electron chi connectivity index (χ2n) is 4.23. The lowest BCUT2D eigenvalue weighted by Crippen LogP contribution is -2.00. The van der Waals surface area contributed by atoms with Crippen LogP contribution in [0.15, 0.2) is 36.0 Å². The average Bonchev–Trinajstić information content (AvgIpc) is 2.90. The summed E-state index contributed by atoms with van der Waals surface area (Å²) in [5.74, 6) is 0.768. The predicted molar refractivity (Wildman–Crippen MR) is 78.3 cm³/mol. The number of nitrogens with two attached hydrogens (primary N) is 1. The molecule has 0 spiro atoms. The molecule has 2 aromatic heterocycles. The summed E-state index contributed by atoms with van der Waals surface area (Å²) in [6, 6.07) is 6.85. The summed E-state index contributed by atoms with van der Waals surface area (Å²) in [7, 11) is 0. The van der Waals surface area contributed by atoms with Crippen LogP contribution in [0.1, 0.15) is 17.3 Å². The standard InChI is InChI=1S/C14H11N3O2S/c1-8(18)11-6-9(15)2-3-12(11)19-13-10-4-5-20-14(10)17-7-16-13/h2-7H,15H2,1H3. The Morgan fingerprint density at radius 3 is 2.95 bits per heavy atom. The summed E-state index contributed by atoms with van der Waals surface area (Å²) in [4.78, 5) is 20.8. The molecule has 3 rings (SSSR count). The number of ether oxygens (including phenoxy) is 1. The molecule has 0 fully saturated rings. The number of hydrogen-bond donors (Lipinski definition) is 1. The van der Waals surface area contributed by atoms with E-state index in [-0.39, 0.29) is 5.78 Å². The van der Waals surface area contributed by atoms with E-state index in [2.05, 4.69) is 9.97 Å². The zero-order valence-electron chi connectivity index (χ0n) is 10.7. The summed E-state index contributed by atoms with van der Waals surface area (Å²) in [6.45, 7) is 1.47. The number of carbonyl (C=O) groups excluding carboxylic acids is 1. The lowest BCUT2D eigenvalue weighted by atomic mass is 10.1. The second kappa shape index (κ2) is 4.90. The van der Waals surface area contributed by atoms with Gasteiger partial charge in [-0.1, -0.05) is 0 Å². The van der Waals surface area contributed by atoms with E-state index in [4.69, 9.17) is 10.5 Å². The molecule has 2 N–H and O–H groups in total. The lowest BCUT2D eigenvalue weighted by Gasteiger charge is -2.09. The molecule has 0 unspecified atom stereocenters. The second-order valence-corrected chi connectivity index (χ2v) is 5.13. The molecular formula is C14H11N3O2S. The first-order chi connectivity index (χ1) is 9.65. The Morgan fingerprint density at radius 1 is 1.30 bits per heavy atom. The number of Topliss-reactive ketones (excluding diaryl/α,β-unsaturated/α-hetero) is 1. The molecule has 100 valence electrons. The molecule has 3 aromatic rings. The largest absolute Gasteiger partial charge is 0.437 e. The Morgan fingerprint density at radius 2 is 2.15 bits per heavy atom. The number of nitrogen functional groups attached to an aromatic ring is 1. The van der Waals surface area contributed by atoms with Crippen LogP contribution in [0.2, 0.25) is 0 Å². The van der Waals surface area contributed by atoms with Crippen molar-refractivity contribution in [3.8, 4) is 11.6 Å². The Kier molecular flexibility index (Phi) is 3.08. The van der Waals surface area contributed by atoms with Crippen molar-refractivity contribution < 1.29 is 9.53 Å². The van der Waals surface area contributed by atoms with E-state index in [9.17, 15) is 4.79 Å². The van der Waals surface area contributed by atoms with E-state index in [0.717, 1.165) is 10.2 Å². The van der Waals surface area contributed by atoms with Gasteiger partial charge in [-0.25, -0.2) is 9.97 Å². The molecule has 0 amide bonds. The molecule has 0 radical (unpaired) electrons. The van der Waals surface area contributed by atoms with E-state index in [0.29, 0.717) is 22.9 Å². The summed E-state index contributed by atoms with van der Waals surface area (Å²) in [5, 5.41) is 2.74. The topological polar surface area (TPSA) is 78.1 Å². The van der Waals surface area contributed by atoms with Gasteiger partial charge in [-0.2, -0.15) is 0 Å². The molecule has 2 heterocycles. The van der Waals surface area contributed by atoms with Crippen molar-refractivity contribution in [2.75, 3.05) is 5.73 Å². The third-order valence-corrected chi connectivity index (χ3v) is 3.64.